The Balaban J connectivity index is 2.16. The van der Waals surface area contributed by atoms with Crippen molar-refractivity contribution in [3.8, 4) is 0 Å². The van der Waals surface area contributed by atoms with Crippen molar-refractivity contribution in [2.45, 2.75) is 31.5 Å². The van der Waals surface area contributed by atoms with E-state index in [1.165, 1.54) is 14.2 Å². The van der Waals surface area contributed by atoms with E-state index in [0.29, 0.717) is 0 Å². The average Bonchev–Trinajstić information content (AvgIpc) is 3.00. The number of carbonyl (C=O) groups excluding carboxylic acids is 4. The van der Waals surface area contributed by atoms with Crippen LogP contribution >= 0.6 is 0 Å². The lowest BCUT2D eigenvalue weighted by Crippen LogP contribution is -2.60. The fraction of sp³-hybridized carbons (Fsp3) is 0.444. The summed E-state index contributed by atoms with van der Waals surface area (Å²) in [6.45, 7) is 1.63. The topological polar surface area (TPSA) is 140 Å². The first-order chi connectivity index (χ1) is 13.8. The molecule has 2 amide bonds. The Kier molecular flexibility index (Phi) is 7.51. The van der Waals surface area contributed by atoms with Gasteiger partial charge in [-0.05, 0) is 17.7 Å². The van der Waals surface area contributed by atoms with Crippen LogP contribution in [0.2, 0.25) is 0 Å². The van der Waals surface area contributed by atoms with Gasteiger partial charge >= 0.3 is 18.0 Å². The van der Waals surface area contributed by atoms with Crippen LogP contribution in [0.15, 0.2) is 30.3 Å². The van der Waals surface area contributed by atoms with Gasteiger partial charge in [-0.15, -0.1) is 0 Å². The highest BCUT2D eigenvalue weighted by Crippen LogP contribution is 2.19. The van der Waals surface area contributed by atoms with Gasteiger partial charge in [-0.3, -0.25) is 4.79 Å². The molecule has 29 heavy (non-hydrogen) atoms. The van der Waals surface area contributed by atoms with Gasteiger partial charge in [0.1, 0.15) is 12.1 Å². The molecule has 1 aromatic rings. The number of nitrogens with zero attached hydrogens (tertiary/aromatic N) is 2. The summed E-state index contributed by atoms with van der Waals surface area (Å²) in [5.74, 6) is -2.41. The monoisotopic (exact) mass is 408 g/mol. The molecule has 11 heteroatoms. The van der Waals surface area contributed by atoms with E-state index in [0.717, 1.165) is 15.7 Å². The zero-order valence-electron chi connectivity index (χ0n) is 16.4. The summed E-state index contributed by atoms with van der Waals surface area (Å²) in [6.07, 6.45) is -0.745. The van der Waals surface area contributed by atoms with Crippen LogP contribution in [0.4, 0.5) is 4.79 Å². The number of methoxy groups -OCH3 is 1. The predicted molar refractivity (Wildman–Crippen MR) is 98.6 cm³/mol. The number of ether oxygens (including phenoxy) is 2. The molecular weight excluding hydrogens is 384 g/mol. The normalized spacial score (nSPS) is 18.6. The number of nitrogens with two attached hydrogens (primary N) is 1. The van der Waals surface area contributed by atoms with E-state index in [-0.39, 0.29) is 13.0 Å². The van der Waals surface area contributed by atoms with Crippen molar-refractivity contribution in [1.29, 1.82) is 0 Å². The highest BCUT2D eigenvalue weighted by Gasteiger charge is 2.49. The quantitative estimate of drug-likeness (QED) is 0.564. The summed E-state index contributed by atoms with van der Waals surface area (Å²) >= 11 is 0. The minimum absolute atomic E-state index is 0.0486. The van der Waals surface area contributed by atoms with E-state index < -0.39 is 42.1 Å². The van der Waals surface area contributed by atoms with Crippen molar-refractivity contribution in [2.75, 3.05) is 20.8 Å². The minimum atomic E-state index is -1.51. The van der Waals surface area contributed by atoms with Crippen LogP contribution in [-0.2, 0) is 35.1 Å². The van der Waals surface area contributed by atoms with E-state index in [2.05, 4.69) is 5.32 Å². The zero-order chi connectivity index (χ0) is 21.6. The third kappa shape index (κ3) is 5.21. The van der Waals surface area contributed by atoms with Crippen LogP contribution in [0.1, 0.15) is 12.5 Å². The number of hydrogen-bond donors (Lipinski definition) is 2. The molecule has 0 aliphatic carbocycles. The maximum Gasteiger partial charge on any atom is 0.427 e. The number of hydroxylamine groups is 1. The Morgan fingerprint density at radius 3 is 2.52 bits per heavy atom. The van der Waals surface area contributed by atoms with Gasteiger partial charge in [0, 0.05) is 13.5 Å². The second-order valence-corrected chi connectivity index (χ2v) is 6.16. The number of amides is 2. The first-order valence-corrected chi connectivity index (χ1v) is 8.89. The van der Waals surface area contributed by atoms with Gasteiger partial charge in [0.05, 0.1) is 13.7 Å². The molecule has 0 radical (unpaired) electrons. The van der Waals surface area contributed by atoms with Crippen LogP contribution in [0, 0.1) is 0 Å². The number of hydrazine groups is 1. The van der Waals surface area contributed by atoms with Crippen LogP contribution < -0.4 is 11.1 Å². The molecule has 0 spiro atoms. The highest BCUT2D eigenvalue weighted by atomic mass is 16.8. The number of nitrogens with one attached hydrogen (secondary N) is 1. The summed E-state index contributed by atoms with van der Waals surface area (Å²) < 4.78 is 9.61. The Morgan fingerprint density at radius 1 is 1.28 bits per heavy atom. The van der Waals surface area contributed by atoms with Gasteiger partial charge in [0.25, 0.3) is 0 Å². The molecule has 3 atom stereocenters. The second kappa shape index (κ2) is 9.85. The van der Waals surface area contributed by atoms with E-state index in [1.54, 1.807) is 31.2 Å². The smallest absolute Gasteiger partial charge is 0.427 e. The van der Waals surface area contributed by atoms with Crippen molar-refractivity contribution in [3.63, 3.8) is 0 Å². The van der Waals surface area contributed by atoms with Crippen molar-refractivity contribution in [2.24, 2.45) is 5.73 Å². The van der Waals surface area contributed by atoms with Crippen LogP contribution in [0.5, 0.6) is 0 Å². The summed E-state index contributed by atoms with van der Waals surface area (Å²) in [7, 11) is 2.49. The minimum Gasteiger partial charge on any atom is -0.467 e. The number of hydrogen-bond acceptors (Lipinski definition) is 9. The van der Waals surface area contributed by atoms with Gasteiger partial charge in [0.2, 0.25) is 5.91 Å². The van der Waals surface area contributed by atoms with Crippen LogP contribution in [0.25, 0.3) is 0 Å². The molecule has 0 aromatic heterocycles. The molecule has 1 fully saturated rings. The third-order valence-electron chi connectivity index (χ3n) is 4.21. The predicted octanol–water partition coefficient (Wildman–Crippen LogP) is -0.640. The van der Waals surface area contributed by atoms with Crippen molar-refractivity contribution >= 4 is 23.9 Å². The fourth-order valence-corrected chi connectivity index (χ4v) is 2.82. The van der Waals surface area contributed by atoms with Gasteiger partial charge in [-0.2, -0.15) is 5.01 Å². The second-order valence-electron chi connectivity index (χ2n) is 6.16. The maximum atomic E-state index is 12.7. The molecule has 158 valence electrons. The standard InChI is InChI=1S/C18H24N4O7/c1-4-28-18(26)22-14(17(25)29-21(22)2)13(19)15(23)20-12(16(24)27-3)10-11-8-6-5-7-9-11/h5-9,12-14H,4,10,19H2,1-3H3,(H,20,23). The third-order valence-corrected chi connectivity index (χ3v) is 4.21. The van der Waals surface area contributed by atoms with Gasteiger partial charge in [-0.25, -0.2) is 14.4 Å². The summed E-state index contributed by atoms with van der Waals surface area (Å²) in [5, 5.41) is 4.13. The highest BCUT2D eigenvalue weighted by molar-refractivity contribution is 5.94. The number of esters is 1. The molecule has 0 bridgehead atoms. The molecule has 3 unspecified atom stereocenters. The number of carbonyl (C=O) groups is 4. The van der Waals surface area contributed by atoms with Crippen molar-refractivity contribution in [3.05, 3.63) is 35.9 Å². The molecular formula is C18H24N4O7. The van der Waals surface area contributed by atoms with Crippen molar-refractivity contribution < 1.29 is 33.5 Å². The largest absolute Gasteiger partial charge is 0.467 e. The van der Waals surface area contributed by atoms with Crippen LogP contribution in [0.3, 0.4) is 0 Å². The summed E-state index contributed by atoms with van der Waals surface area (Å²) in [5.41, 5.74) is 6.72. The molecule has 3 N–H and O–H groups in total. The van der Waals surface area contributed by atoms with E-state index in [4.69, 9.17) is 20.0 Å². The Morgan fingerprint density at radius 2 is 1.93 bits per heavy atom. The average molecular weight is 408 g/mol. The maximum absolute atomic E-state index is 12.7. The van der Waals surface area contributed by atoms with E-state index in [1.807, 2.05) is 6.07 Å². The lowest BCUT2D eigenvalue weighted by molar-refractivity contribution is -0.197. The number of benzene rings is 1. The summed E-state index contributed by atoms with van der Waals surface area (Å²) in [4.78, 5) is 53.9. The van der Waals surface area contributed by atoms with Gasteiger partial charge in [-0.1, -0.05) is 30.3 Å². The Hall–Kier alpha value is -3.18. The number of rotatable bonds is 7. The molecule has 1 saturated heterocycles. The first-order valence-electron chi connectivity index (χ1n) is 8.89. The molecule has 11 nitrogen and oxygen atoms in total. The Labute approximate surface area is 167 Å². The zero-order valence-corrected chi connectivity index (χ0v) is 16.4. The first kappa shape index (κ1) is 22.1. The van der Waals surface area contributed by atoms with Crippen molar-refractivity contribution in [1.82, 2.24) is 15.5 Å². The molecule has 1 aliphatic rings. The molecule has 2 rings (SSSR count). The van der Waals surface area contributed by atoms with E-state index in [9.17, 15) is 19.2 Å². The molecule has 1 heterocycles. The lowest BCUT2D eigenvalue weighted by Gasteiger charge is -2.27. The fourth-order valence-electron chi connectivity index (χ4n) is 2.82. The van der Waals surface area contributed by atoms with Gasteiger partial charge in [0.15, 0.2) is 6.04 Å². The van der Waals surface area contributed by atoms with Crippen LogP contribution in [-0.4, -0.2) is 73.0 Å². The van der Waals surface area contributed by atoms with Gasteiger partial charge < -0.3 is 25.4 Å². The molecule has 0 saturated carbocycles. The SMILES string of the molecule is CCOC(=O)N1C(C(N)C(=O)NC(Cc2ccccc2)C(=O)OC)C(=O)ON1C. The van der Waals surface area contributed by atoms with E-state index >= 15 is 0 Å². The lowest BCUT2D eigenvalue weighted by atomic mass is 10.0. The molecule has 1 aromatic carbocycles. The summed E-state index contributed by atoms with van der Waals surface area (Å²) in [6, 6.07) is 4.97. The molecule has 1 aliphatic heterocycles. The Bertz CT molecular complexity index is 758.